The first-order chi connectivity index (χ1) is 6.06. The minimum absolute atomic E-state index is 0.132. The van der Waals surface area contributed by atoms with E-state index in [-0.39, 0.29) is 21.9 Å². The van der Waals surface area contributed by atoms with Gasteiger partial charge in [0, 0.05) is 5.56 Å². The molecule has 0 fully saturated rings. The standard InChI is InChI=1S/C8H4BrF3O/c9-6-2-4(8(11)12)1-5(3-13)7(6)10/h1-3,8H. The average molecular weight is 253 g/mol. The lowest BCUT2D eigenvalue weighted by atomic mass is 10.1. The number of alkyl halides is 2. The molecule has 0 aliphatic carbocycles. The molecule has 0 saturated heterocycles. The molecule has 0 aromatic heterocycles. The number of halogens is 4. The van der Waals surface area contributed by atoms with E-state index in [1.54, 1.807) is 0 Å². The van der Waals surface area contributed by atoms with E-state index in [1.165, 1.54) is 0 Å². The highest BCUT2D eigenvalue weighted by Crippen LogP contribution is 2.26. The third-order valence-electron chi connectivity index (χ3n) is 1.46. The summed E-state index contributed by atoms with van der Waals surface area (Å²) in [5.74, 6) is -0.820. The van der Waals surface area contributed by atoms with Crippen LogP contribution in [0.25, 0.3) is 0 Å². The molecule has 0 bridgehead atoms. The van der Waals surface area contributed by atoms with Gasteiger partial charge in [0.1, 0.15) is 5.82 Å². The molecule has 1 nitrogen and oxygen atoms in total. The van der Waals surface area contributed by atoms with Crippen molar-refractivity contribution in [3.05, 3.63) is 33.5 Å². The lowest BCUT2D eigenvalue weighted by Crippen LogP contribution is -1.93. The highest BCUT2D eigenvalue weighted by atomic mass is 79.9. The highest BCUT2D eigenvalue weighted by molar-refractivity contribution is 9.10. The molecule has 0 atom stereocenters. The van der Waals surface area contributed by atoms with E-state index < -0.39 is 12.2 Å². The smallest absolute Gasteiger partial charge is 0.263 e. The van der Waals surface area contributed by atoms with Crippen LogP contribution < -0.4 is 0 Å². The molecule has 1 aromatic rings. The van der Waals surface area contributed by atoms with Crippen LogP contribution in [-0.2, 0) is 0 Å². The minimum atomic E-state index is -2.71. The van der Waals surface area contributed by atoms with Gasteiger partial charge in [-0.05, 0) is 28.1 Å². The summed E-state index contributed by atoms with van der Waals surface area (Å²) in [6, 6.07) is 1.78. The molecule has 0 N–H and O–H groups in total. The summed E-state index contributed by atoms with van der Waals surface area (Å²) in [7, 11) is 0. The largest absolute Gasteiger partial charge is 0.298 e. The van der Waals surface area contributed by atoms with E-state index in [0.29, 0.717) is 0 Å². The van der Waals surface area contributed by atoms with Crippen molar-refractivity contribution < 1.29 is 18.0 Å². The van der Waals surface area contributed by atoms with Crippen LogP contribution >= 0.6 is 15.9 Å². The maximum Gasteiger partial charge on any atom is 0.263 e. The molecule has 0 aliphatic heterocycles. The van der Waals surface area contributed by atoms with Crippen LogP contribution in [0.3, 0.4) is 0 Å². The quantitative estimate of drug-likeness (QED) is 0.738. The van der Waals surface area contributed by atoms with Crippen molar-refractivity contribution in [2.75, 3.05) is 0 Å². The van der Waals surface area contributed by atoms with Crippen LogP contribution in [0.5, 0.6) is 0 Å². The molecule has 0 amide bonds. The van der Waals surface area contributed by atoms with Gasteiger partial charge in [-0.25, -0.2) is 13.2 Å². The molecular weight excluding hydrogens is 249 g/mol. The fourth-order valence-electron chi connectivity index (χ4n) is 0.844. The molecular formula is C8H4BrF3O. The summed E-state index contributed by atoms with van der Waals surface area (Å²) in [6.07, 6.45) is -2.51. The number of carbonyl (C=O) groups is 1. The van der Waals surface area contributed by atoms with Gasteiger partial charge in [0.2, 0.25) is 0 Å². The molecule has 0 heterocycles. The minimum Gasteiger partial charge on any atom is -0.298 e. The summed E-state index contributed by atoms with van der Waals surface area (Å²) < 4.78 is 37.1. The van der Waals surface area contributed by atoms with Crippen molar-refractivity contribution in [2.24, 2.45) is 0 Å². The fraction of sp³-hybridized carbons (Fsp3) is 0.125. The maximum atomic E-state index is 12.9. The van der Waals surface area contributed by atoms with Crippen LogP contribution in [0, 0.1) is 5.82 Å². The van der Waals surface area contributed by atoms with Crippen LogP contribution in [0.2, 0.25) is 0 Å². The predicted molar refractivity (Wildman–Crippen MR) is 44.4 cm³/mol. The maximum absolute atomic E-state index is 12.9. The molecule has 0 spiro atoms. The number of hydrogen-bond acceptors (Lipinski definition) is 1. The van der Waals surface area contributed by atoms with Gasteiger partial charge in [-0.2, -0.15) is 0 Å². The Bertz CT molecular complexity index is 338. The van der Waals surface area contributed by atoms with Crippen LogP contribution in [0.4, 0.5) is 13.2 Å². The lowest BCUT2D eigenvalue weighted by molar-refractivity contribution is 0.111. The topological polar surface area (TPSA) is 17.1 Å². The third-order valence-corrected chi connectivity index (χ3v) is 2.03. The van der Waals surface area contributed by atoms with E-state index in [4.69, 9.17) is 0 Å². The number of rotatable bonds is 2. The van der Waals surface area contributed by atoms with Gasteiger partial charge in [-0.1, -0.05) is 0 Å². The summed E-state index contributed by atoms with van der Waals surface area (Å²) in [4.78, 5) is 10.2. The van der Waals surface area contributed by atoms with Gasteiger partial charge >= 0.3 is 0 Å². The molecule has 0 saturated carbocycles. The number of carbonyl (C=O) groups excluding carboxylic acids is 1. The van der Waals surface area contributed by atoms with Gasteiger partial charge in [-0.3, -0.25) is 4.79 Å². The lowest BCUT2D eigenvalue weighted by Gasteiger charge is -2.03. The second-order valence-corrected chi connectivity index (χ2v) is 3.18. The van der Waals surface area contributed by atoms with Crippen molar-refractivity contribution in [3.63, 3.8) is 0 Å². The molecule has 0 aliphatic rings. The Morgan fingerprint density at radius 3 is 2.46 bits per heavy atom. The van der Waals surface area contributed by atoms with Crippen molar-refractivity contribution in [1.82, 2.24) is 0 Å². The molecule has 1 aromatic carbocycles. The Hall–Kier alpha value is -0.840. The SMILES string of the molecule is O=Cc1cc(C(F)F)cc(Br)c1F. The van der Waals surface area contributed by atoms with Crippen molar-refractivity contribution >= 4 is 22.2 Å². The van der Waals surface area contributed by atoms with Gasteiger partial charge in [0.15, 0.2) is 6.29 Å². The van der Waals surface area contributed by atoms with Crippen molar-refractivity contribution in [1.29, 1.82) is 0 Å². The number of hydrogen-bond donors (Lipinski definition) is 0. The molecule has 0 radical (unpaired) electrons. The van der Waals surface area contributed by atoms with E-state index >= 15 is 0 Å². The first-order valence-electron chi connectivity index (χ1n) is 3.28. The van der Waals surface area contributed by atoms with E-state index in [0.717, 1.165) is 12.1 Å². The predicted octanol–water partition coefficient (Wildman–Crippen LogP) is 3.34. The fourth-order valence-corrected chi connectivity index (χ4v) is 1.34. The van der Waals surface area contributed by atoms with Crippen molar-refractivity contribution in [2.45, 2.75) is 6.43 Å². The molecule has 1 rings (SSSR count). The first-order valence-corrected chi connectivity index (χ1v) is 4.08. The normalized spacial score (nSPS) is 10.5. The Morgan fingerprint density at radius 2 is 2.00 bits per heavy atom. The molecule has 13 heavy (non-hydrogen) atoms. The van der Waals surface area contributed by atoms with Crippen LogP contribution in [-0.4, -0.2) is 6.29 Å². The zero-order valence-corrected chi connectivity index (χ0v) is 7.82. The first kappa shape index (κ1) is 10.2. The van der Waals surface area contributed by atoms with Gasteiger partial charge < -0.3 is 0 Å². The van der Waals surface area contributed by atoms with Crippen molar-refractivity contribution in [3.8, 4) is 0 Å². The second kappa shape index (κ2) is 3.91. The summed E-state index contributed by atoms with van der Waals surface area (Å²) >= 11 is 2.74. The Kier molecular flexibility index (Phi) is 3.08. The van der Waals surface area contributed by atoms with E-state index in [9.17, 15) is 18.0 Å². The summed E-state index contributed by atoms with van der Waals surface area (Å²) in [6.45, 7) is 0. The van der Waals surface area contributed by atoms with E-state index in [1.807, 2.05) is 0 Å². The summed E-state index contributed by atoms with van der Waals surface area (Å²) in [5, 5.41) is 0. The monoisotopic (exact) mass is 252 g/mol. The van der Waals surface area contributed by atoms with Gasteiger partial charge in [-0.15, -0.1) is 0 Å². The second-order valence-electron chi connectivity index (χ2n) is 2.32. The number of aldehydes is 1. The van der Waals surface area contributed by atoms with Crippen LogP contribution in [0.1, 0.15) is 22.3 Å². The third kappa shape index (κ3) is 2.09. The zero-order chi connectivity index (χ0) is 10.0. The molecule has 5 heteroatoms. The van der Waals surface area contributed by atoms with Gasteiger partial charge in [0.25, 0.3) is 6.43 Å². The number of benzene rings is 1. The Morgan fingerprint density at radius 1 is 1.38 bits per heavy atom. The van der Waals surface area contributed by atoms with E-state index in [2.05, 4.69) is 15.9 Å². The highest BCUT2D eigenvalue weighted by Gasteiger charge is 2.13. The van der Waals surface area contributed by atoms with Gasteiger partial charge in [0.05, 0.1) is 10.0 Å². The zero-order valence-electron chi connectivity index (χ0n) is 6.23. The molecule has 0 unspecified atom stereocenters. The average Bonchev–Trinajstić information content (AvgIpc) is 2.09. The Labute approximate surface area is 80.7 Å². The Balaban J connectivity index is 3.30. The molecule has 70 valence electrons. The van der Waals surface area contributed by atoms with Crippen LogP contribution in [0.15, 0.2) is 16.6 Å². The summed E-state index contributed by atoms with van der Waals surface area (Å²) in [5.41, 5.74) is -0.750.